The molecule has 3 nitrogen and oxygen atoms in total. The maximum Gasteiger partial charge on any atom is 0.320 e. The van der Waals surface area contributed by atoms with Crippen LogP contribution in [0.15, 0.2) is 24.3 Å². The first-order valence-electron chi connectivity index (χ1n) is 4.46. The van der Waals surface area contributed by atoms with Gasteiger partial charge in [-0.15, -0.1) is 0 Å². The molecule has 0 aromatic heterocycles. The predicted molar refractivity (Wildman–Crippen MR) is 50.5 cm³/mol. The first-order chi connectivity index (χ1) is 7.34. The lowest BCUT2D eigenvalue weighted by atomic mass is 10.0. The molecule has 3 N–H and O–H groups in total. The SMILES string of the molecule is N[C@@H](CC(F)(F)c1ccccc1F)C(=O)O. The van der Waals surface area contributed by atoms with E-state index in [4.69, 9.17) is 10.8 Å². The van der Waals surface area contributed by atoms with Crippen LogP contribution in [-0.4, -0.2) is 17.1 Å². The molecule has 0 aliphatic rings. The molecule has 88 valence electrons. The van der Waals surface area contributed by atoms with Crippen molar-refractivity contribution in [3.05, 3.63) is 35.6 Å². The van der Waals surface area contributed by atoms with Crippen molar-refractivity contribution in [2.45, 2.75) is 18.4 Å². The topological polar surface area (TPSA) is 63.3 Å². The first kappa shape index (κ1) is 12.5. The molecule has 0 aliphatic heterocycles. The molecule has 1 aromatic carbocycles. The summed E-state index contributed by atoms with van der Waals surface area (Å²) in [6.07, 6.45) is -1.14. The largest absolute Gasteiger partial charge is 0.480 e. The second-order valence-corrected chi connectivity index (χ2v) is 3.33. The fourth-order valence-corrected chi connectivity index (χ4v) is 1.23. The number of hydrogen-bond donors (Lipinski definition) is 2. The Balaban J connectivity index is 2.94. The van der Waals surface area contributed by atoms with E-state index in [2.05, 4.69) is 0 Å². The summed E-state index contributed by atoms with van der Waals surface area (Å²) < 4.78 is 40.0. The molecule has 0 saturated carbocycles. The molecule has 0 fully saturated rings. The van der Waals surface area contributed by atoms with Crippen LogP contribution < -0.4 is 5.73 Å². The van der Waals surface area contributed by atoms with Crippen LogP contribution in [-0.2, 0) is 10.7 Å². The molecule has 0 aliphatic carbocycles. The van der Waals surface area contributed by atoms with Crippen LogP contribution in [0.5, 0.6) is 0 Å². The Morgan fingerprint density at radius 3 is 2.50 bits per heavy atom. The molecule has 6 heteroatoms. The summed E-state index contributed by atoms with van der Waals surface area (Å²) >= 11 is 0. The third-order valence-electron chi connectivity index (χ3n) is 2.06. The van der Waals surface area contributed by atoms with Gasteiger partial charge in [-0.2, -0.15) is 0 Å². The molecule has 0 amide bonds. The number of nitrogens with two attached hydrogens (primary N) is 1. The summed E-state index contributed by atoms with van der Waals surface area (Å²) in [4.78, 5) is 10.3. The Labute approximate surface area is 89.7 Å². The lowest BCUT2D eigenvalue weighted by Crippen LogP contribution is -2.36. The fraction of sp³-hybridized carbons (Fsp3) is 0.300. The summed E-state index contributed by atoms with van der Waals surface area (Å²) in [5.41, 5.74) is 4.15. The molecule has 0 heterocycles. The Kier molecular flexibility index (Phi) is 3.54. The van der Waals surface area contributed by atoms with Crippen molar-refractivity contribution < 1.29 is 23.1 Å². The van der Waals surface area contributed by atoms with Crippen molar-refractivity contribution in [1.82, 2.24) is 0 Å². The van der Waals surface area contributed by atoms with Crippen LogP contribution in [0.25, 0.3) is 0 Å². The lowest BCUT2D eigenvalue weighted by Gasteiger charge is -2.19. The molecular weight excluding hydrogens is 223 g/mol. The van der Waals surface area contributed by atoms with Gasteiger partial charge in [-0.1, -0.05) is 18.2 Å². The smallest absolute Gasteiger partial charge is 0.320 e. The van der Waals surface area contributed by atoms with Crippen LogP contribution >= 0.6 is 0 Å². The number of rotatable bonds is 4. The summed E-state index contributed by atoms with van der Waals surface area (Å²) in [5.74, 6) is -6.22. The van der Waals surface area contributed by atoms with Crippen molar-refractivity contribution in [2.24, 2.45) is 5.73 Å². The summed E-state index contributed by atoms with van der Waals surface area (Å²) in [6, 6.07) is 2.58. The van der Waals surface area contributed by atoms with Gasteiger partial charge in [0, 0.05) is 6.42 Å². The van der Waals surface area contributed by atoms with Gasteiger partial charge in [0.05, 0.1) is 5.56 Å². The number of hydrogen-bond acceptors (Lipinski definition) is 2. The normalized spacial score (nSPS) is 13.5. The number of benzene rings is 1. The zero-order valence-electron chi connectivity index (χ0n) is 8.16. The van der Waals surface area contributed by atoms with Gasteiger partial charge in [-0.3, -0.25) is 4.79 Å². The Morgan fingerprint density at radius 1 is 1.44 bits per heavy atom. The van der Waals surface area contributed by atoms with Crippen LogP contribution in [0.3, 0.4) is 0 Å². The number of alkyl halides is 2. The van der Waals surface area contributed by atoms with E-state index in [9.17, 15) is 18.0 Å². The average Bonchev–Trinajstić information content (AvgIpc) is 2.17. The molecule has 0 unspecified atom stereocenters. The maximum absolute atomic E-state index is 13.4. The molecule has 1 aromatic rings. The molecule has 16 heavy (non-hydrogen) atoms. The van der Waals surface area contributed by atoms with Gasteiger partial charge in [0.15, 0.2) is 0 Å². The number of carbonyl (C=O) groups is 1. The Hall–Kier alpha value is -1.56. The van der Waals surface area contributed by atoms with Crippen LogP contribution in [0.4, 0.5) is 13.2 Å². The lowest BCUT2D eigenvalue weighted by molar-refractivity contribution is -0.141. The molecule has 1 atom stereocenters. The summed E-state index contributed by atoms with van der Waals surface area (Å²) in [6.45, 7) is 0. The van der Waals surface area contributed by atoms with Gasteiger partial charge in [-0.05, 0) is 6.07 Å². The van der Waals surface area contributed by atoms with Crippen molar-refractivity contribution in [3.8, 4) is 0 Å². The minimum absolute atomic E-state index is 0.841. The Bertz CT molecular complexity index is 395. The predicted octanol–water partition coefficient (Wildman–Crippen LogP) is 1.72. The number of carboxylic acids is 1. The second-order valence-electron chi connectivity index (χ2n) is 3.33. The van der Waals surface area contributed by atoms with Crippen LogP contribution in [0.2, 0.25) is 0 Å². The van der Waals surface area contributed by atoms with E-state index in [0.29, 0.717) is 0 Å². The van der Waals surface area contributed by atoms with Gasteiger partial charge >= 0.3 is 5.97 Å². The van der Waals surface area contributed by atoms with Crippen molar-refractivity contribution in [2.75, 3.05) is 0 Å². The standard InChI is InChI=1S/C10H10F3NO2/c11-7-4-2-1-3-6(7)10(12,13)5-8(14)9(15)16/h1-4,8H,5,14H2,(H,15,16)/t8-/m0/s1. The van der Waals surface area contributed by atoms with Crippen molar-refractivity contribution >= 4 is 5.97 Å². The van der Waals surface area contributed by atoms with Crippen LogP contribution in [0.1, 0.15) is 12.0 Å². The molecular formula is C10H10F3NO2. The highest BCUT2D eigenvalue weighted by Crippen LogP contribution is 2.34. The molecule has 0 saturated heterocycles. The molecule has 0 spiro atoms. The van der Waals surface area contributed by atoms with Crippen molar-refractivity contribution in [1.29, 1.82) is 0 Å². The Morgan fingerprint density at radius 2 is 2.00 bits per heavy atom. The van der Waals surface area contributed by atoms with Gasteiger partial charge in [0.25, 0.3) is 5.92 Å². The van der Waals surface area contributed by atoms with E-state index in [0.717, 1.165) is 12.1 Å². The van der Waals surface area contributed by atoms with E-state index >= 15 is 0 Å². The minimum Gasteiger partial charge on any atom is -0.480 e. The van der Waals surface area contributed by atoms with Gasteiger partial charge < -0.3 is 10.8 Å². The minimum atomic E-state index is -3.59. The maximum atomic E-state index is 13.4. The molecule has 1 rings (SSSR count). The van der Waals surface area contributed by atoms with Gasteiger partial charge in [-0.25, -0.2) is 13.2 Å². The number of aliphatic carboxylic acids is 1. The monoisotopic (exact) mass is 233 g/mol. The van der Waals surface area contributed by atoms with E-state index in [1.807, 2.05) is 0 Å². The van der Waals surface area contributed by atoms with E-state index in [-0.39, 0.29) is 0 Å². The third-order valence-corrected chi connectivity index (χ3v) is 2.06. The number of carboxylic acid groups (broad SMARTS) is 1. The van der Waals surface area contributed by atoms with Crippen molar-refractivity contribution in [3.63, 3.8) is 0 Å². The van der Waals surface area contributed by atoms with Gasteiger partial charge in [0.1, 0.15) is 11.9 Å². The van der Waals surface area contributed by atoms with Crippen LogP contribution in [0, 0.1) is 5.82 Å². The summed E-state index contributed by atoms with van der Waals surface area (Å²) in [5, 5.41) is 8.41. The molecule has 0 bridgehead atoms. The number of halogens is 3. The second kappa shape index (κ2) is 4.52. The zero-order chi connectivity index (χ0) is 12.3. The summed E-state index contributed by atoms with van der Waals surface area (Å²) in [7, 11) is 0. The molecule has 0 radical (unpaired) electrons. The third kappa shape index (κ3) is 2.73. The highest BCUT2D eigenvalue weighted by Gasteiger charge is 2.38. The fourth-order valence-electron chi connectivity index (χ4n) is 1.23. The highest BCUT2D eigenvalue weighted by molar-refractivity contribution is 5.73. The zero-order valence-corrected chi connectivity index (χ0v) is 8.16. The van der Waals surface area contributed by atoms with E-state index < -0.39 is 35.7 Å². The highest BCUT2D eigenvalue weighted by atomic mass is 19.3. The van der Waals surface area contributed by atoms with E-state index in [1.165, 1.54) is 12.1 Å². The quantitative estimate of drug-likeness (QED) is 0.832. The average molecular weight is 233 g/mol. The van der Waals surface area contributed by atoms with E-state index in [1.54, 1.807) is 0 Å². The first-order valence-corrected chi connectivity index (χ1v) is 4.46. The van der Waals surface area contributed by atoms with Gasteiger partial charge in [0.2, 0.25) is 0 Å².